The van der Waals surface area contributed by atoms with Crippen LogP contribution in [0.2, 0.25) is 0 Å². The maximum absolute atomic E-state index is 11.8. The highest BCUT2D eigenvalue weighted by Crippen LogP contribution is 2.13. The summed E-state index contributed by atoms with van der Waals surface area (Å²) in [7, 11) is 0. The van der Waals surface area contributed by atoms with Crippen LogP contribution < -0.4 is 0 Å². The highest BCUT2D eigenvalue weighted by molar-refractivity contribution is 5.69. The van der Waals surface area contributed by atoms with Crippen LogP contribution in [0.5, 0.6) is 0 Å². The van der Waals surface area contributed by atoms with E-state index < -0.39 is 0 Å². The number of carbonyl (C=O) groups excluding carboxylic acids is 1. The van der Waals surface area contributed by atoms with Crippen LogP contribution in [-0.2, 0) is 16.0 Å². The second kappa shape index (κ2) is 20.0. The topological polar surface area (TPSA) is 26.3 Å². The number of aryl methyl sites for hydroxylation is 1. The summed E-state index contributed by atoms with van der Waals surface area (Å²) in [6.45, 7) is 2.87. The van der Waals surface area contributed by atoms with Gasteiger partial charge in [-0.25, -0.2) is 0 Å². The molecule has 0 N–H and O–H groups in total. The van der Waals surface area contributed by atoms with E-state index in [1.807, 2.05) is 18.2 Å². The van der Waals surface area contributed by atoms with E-state index in [0.717, 1.165) is 12.8 Å². The van der Waals surface area contributed by atoms with Crippen LogP contribution in [0, 0.1) is 0 Å². The molecule has 0 saturated carbocycles. The van der Waals surface area contributed by atoms with Gasteiger partial charge in [0.15, 0.2) is 0 Å². The summed E-state index contributed by atoms with van der Waals surface area (Å²) in [5.74, 6) is -0.0604. The van der Waals surface area contributed by atoms with E-state index in [4.69, 9.17) is 4.74 Å². The Hall–Kier alpha value is -1.31. The summed E-state index contributed by atoms with van der Waals surface area (Å²) in [6.07, 6.45) is 23.1. The summed E-state index contributed by atoms with van der Waals surface area (Å²) in [4.78, 5) is 11.8. The average molecular weight is 403 g/mol. The predicted octanol–water partition coefficient (Wildman–Crippen LogP) is 8.42. The highest BCUT2D eigenvalue weighted by atomic mass is 16.5. The molecular formula is C27H46O2. The Labute approximate surface area is 180 Å². The third-order valence-electron chi connectivity index (χ3n) is 5.72. The maximum Gasteiger partial charge on any atom is 0.306 e. The number of unbranched alkanes of at least 4 members (excludes halogenated alkanes) is 15. The molecular weight excluding hydrogens is 356 g/mol. The molecule has 0 radical (unpaired) electrons. The number of carbonyl (C=O) groups is 1. The summed E-state index contributed by atoms with van der Waals surface area (Å²) in [5, 5.41) is 0. The number of hydrogen-bond donors (Lipinski definition) is 0. The molecule has 29 heavy (non-hydrogen) atoms. The van der Waals surface area contributed by atoms with Crippen molar-refractivity contribution in [3.63, 3.8) is 0 Å². The molecule has 166 valence electrons. The Bertz CT molecular complexity index is 469. The van der Waals surface area contributed by atoms with Crippen LogP contribution in [0.1, 0.15) is 122 Å². The first-order valence-corrected chi connectivity index (χ1v) is 12.5. The van der Waals surface area contributed by atoms with E-state index in [0.29, 0.717) is 13.0 Å². The first-order chi connectivity index (χ1) is 14.3. The van der Waals surface area contributed by atoms with E-state index in [1.165, 1.54) is 102 Å². The van der Waals surface area contributed by atoms with Gasteiger partial charge in [-0.2, -0.15) is 0 Å². The highest BCUT2D eigenvalue weighted by Gasteiger charge is 2.03. The van der Waals surface area contributed by atoms with Crippen molar-refractivity contribution in [2.24, 2.45) is 0 Å². The van der Waals surface area contributed by atoms with Crippen molar-refractivity contribution in [1.29, 1.82) is 0 Å². The van der Waals surface area contributed by atoms with E-state index in [-0.39, 0.29) is 5.97 Å². The van der Waals surface area contributed by atoms with Gasteiger partial charge in [-0.05, 0) is 18.4 Å². The molecule has 0 aliphatic heterocycles. The van der Waals surface area contributed by atoms with Gasteiger partial charge < -0.3 is 4.74 Å². The molecule has 2 heteroatoms. The Kier molecular flexibility index (Phi) is 17.7. The second-order valence-electron chi connectivity index (χ2n) is 8.51. The smallest absolute Gasteiger partial charge is 0.306 e. The molecule has 0 spiro atoms. The number of esters is 1. The van der Waals surface area contributed by atoms with Crippen molar-refractivity contribution in [1.82, 2.24) is 0 Å². The fourth-order valence-electron chi connectivity index (χ4n) is 3.80. The van der Waals surface area contributed by atoms with Gasteiger partial charge in [-0.3, -0.25) is 4.79 Å². The van der Waals surface area contributed by atoms with Crippen LogP contribution >= 0.6 is 0 Å². The van der Waals surface area contributed by atoms with Gasteiger partial charge >= 0.3 is 5.97 Å². The monoisotopic (exact) mass is 402 g/mol. The lowest BCUT2D eigenvalue weighted by Gasteiger charge is -2.05. The molecule has 0 aliphatic carbocycles. The molecule has 0 bridgehead atoms. The van der Waals surface area contributed by atoms with Crippen molar-refractivity contribution in [3.8, 4) is 0 Å². The molecule has 0 unspecified atom stereocenters. The van der Waals surface area contributed by atoms with E-state index in [2.05, 4.69) is 19.1 Å². The van der Waals surface area contributed by atoms with Gasteiger partial charge in [-0.15, -0.1) is 0 Å². The minimum absolute atomic E-state index is 0.0604. The first-order valence-electron chi connectivity index (χ1n) is 12.5. The number of hydrogen-bond acceptors (Lipinski definition) is 2. The molecule has 0 amide bonds. The molecule has 1 aromatic rings. The quantitative estimate of drug-likeness (QED) is 0.161. The lowest BCUT2D eigenvalue weighted by molar-refractivity contribution is -0.143. The number of benzene rings is 1. The predicted molar refractivity (Wildman–Crippen MR) is 125 cm³/mol. The van der Waals surface area contributed by atoms with Crippen LogP contribution in [0.3, 0.4) is 0 Å². The molecule has 1 rings (SSSR count). The Morgan fingerprint density at radius 2 is 1.10 bits per heavy atom. The zero-order valence-corrected chi connectivity index (χ0v) is 19.1. The van der Waals surface area contributed by atoms with Gasteiger partial charge in [0.2, 0.25) is 0 Å². The molecule has 1 aromatic carbocycles. The normalized spacial score (nSPS) is 10.9. The molecule has 0 atom stereocenters. The van der Waals surface area contributed by atoms with Gasteiger partial charge in [-0.1, -0.05) is 134 Å². The average Bonchev–Trinajstić information content (AvgIpc) is 2.75. The summed E-state index contributed by atoms with van der Waals surface area (Å²) >= 11 is 0. The summed E-state index contributed by atoms with van der Waals surface area (Å²) in [6, 6.07) is 10.1. The summed E-state index contributed by atoms with van der Waals surface area (Å²) in [5.41, 5.74) is 1.20. The SMILES string of the molecule is CCCCCCCCCCCCCCCCCCOC(=O)CCc1ccccc1. The fourth-order valence-corrected chi connectivity index (χ4v) is 3.80. The zero-order chi connectivity index (χ0) is 20.8. The minimum atomic E-state index is -0.0604. The van der Waals surface area contributed by atoms with E-state index >= 15 is 0 Å². The van der Waals surface area contributed by atoms with Crippen molar-refractivity contribution in [2.45, 2.75) is 122 Å². The molecule has 0 aromatic heterocycles. The van der Waals surface area contributed by atoms with Crippen LogP contribution in [0.15, 0.2) is 30.3 Å². The third kappa shape index (κ3) is 17.3. The Balaban J connectivity index is 1.74. The van der Waals surface area contributed by atoms with Gasteiger partial charge in [0, 0.05) is 6.42 Å². The van der Waals surface area contributed by atoms with Crippen molar-refractivity contribution < 1.29 is 9.53 Å². The van der Waals surface area contributed by atoms with Crippen molar-refractivity contribution in [2.75, 3.05) is 6.61 Å². The lowest BCUT2D eigenvalue weighted by atomic mass is 10.0. The summed E-state index contributed by atoms with van der Waals surface area (Å²) < 4.78 is 5.34. The van der Waals surface area contributed by atoms with Crippen LogP contribution in [0.4, 0.5) is 0 Å². The van der Waals surface area contributed by atoms with Gasteiger partial charge in [0.25, 0.3) is 0 Å². The Morgan fingerprint density at radius 3 is 1.59 bits per heavy atom. The lowest BCUT2D eigenvalue weighted by Crippen LogP contribution is -2.07. The fraction of sp³-hybridized carbons (Fsp3) is 0.741. The van der Waals surface area contributed by atoms with E-state index in [9.17, 15) is 4.79 Å². The first kappa shape index (κ1) is 25.7. The zero-order valence-electron chi connectivity index (χ0n) is 19.1. The number of rotatable bonds is 20. The van der Waals surface area contributed by atoms with Gasteiger partial charge in [0.1, 0.15) is 0 Å². The molecule has 0 saturated heterocycles. The van der Waals surface area contributed by atoms with Gasteiger partial charge in [0.05, 0.1) is 6.61 Å². The minimum Gasteiger partial charge on any atom is -0.466 e. The maximum atomic E-state index is 11.8. The van der Waals surface area contributed by atoms with Crippen molar-refractivity contribution >= 4 is 5.97 Å². The molecule has 0 aliphatic rings. The largest absolute Gasteiger partial charge is 0.466 e. The molecule has 2 nitrogen and oxygen atoms in total. The second-order valence-corrected chi connectivity index (χ2v) is 8.51. The molecule has 0 fully saturated rings. The standard InChI is InChI=1S/C27H46O2/c1-2-3-4-5-6-7-8-9-10-11-12-13-14-15-16-20-25-29-27(28)24-23-26-21-18-17-19-22-26/h17-19,21-22H,2-16,20,23-25H2,1H3. The van der Waals surface area contributed by atoms with E-state index in [1.54, 1.807) is 0 Å². The Morgan fingerprint density at radius 1 is 0.655 bits per heavy atom. The number of ether oxygens (including phenoxy) is 1. The molecule has 0 heterocycles. The third-order valence-corrected chi connectivity index (χ3v) is 5.72. The van der Waals surface area contributed by atoms with Crippen LogP contribution in [-0.4, -0.2) is 12.6 Å². The van der Waals surface area contributed by atoms with Crippen LogP contribution in [0.25, 0.3) is 0 Å². The van der Waals surface area contributed by atoms with Crippen molar-refractivity contribution in [3.05, 3.63) is 35.9 Å².